The molecular weight excluding hydrogens is 362 g/mol. The smallest absolute Gasteiger partial charge is 0.270 e. The predicted octanol–water partition coefficient (Wildman–Crippen LogP) is 3.87. The van der Waals surface area contributed by atoms with E-state index in [-0.39, 0.29) is 17.4 Å². The Morgan fingerprint density at radius 3 is 2.76 bits per heavy atom. The van der Waals surface area contributed by atoms with Gasteiger partial charge in [0.25, 0.3) is 5.56 Å². The number of hydrogen-bond acceptors (Lipinski definition) is 6. The highest BCUT2D eigenvalue weighted by atomic mass is 35.5. The SMILES string of the molecule is CCC(C)Oc1c(Cl)cc(-c2nc(SC)[nH]c(=O)c2C#N)cc1OC. The van der Waals surface area contributed by atoms with E-state index in [1.807, 2.05) is 19.9 Å². The quantitative estimate of drug-likeness (QED) is 0.605. The molecule has 0 aliphatic carbocycles. The van der Waals surface area contributed by atoms with Crippen LogP contribution in [0.15, 0.2) is 22.1 Å². The van der Waals surface area contributed by atoms with E-state index in [9.17, 15) is 10.1 Å². The summed E-state index contributed by atoms with van der Waals surface area (Å²) >= 11 is 7.64. The molecule has 0 aliphatic heterocycles. The van der Waals surface area contributed by atoms with Gasteiger partial charge < -0.3 is 14.5 Å². The fourth-order valence-electron chi connectivity index (χ4n) is 2.12. The molecule has 2 aromatic rings. The third-order valence-corrected chi connectivity index (χ3v) is 4.46. The third kappa shape index (κ3) is 4.09. The average Bonchev–Trinajstić information content (AvgIpc) is 2.61. The van der Waals surface area contributed by atoms with Crippen molar-refractivity contribution in [1.29, 1.82) is 5.26 Å². The molecule has 1 aromatic carbocycles. The van der Waals surface area contributed by atoms with Crippen molar-refractivity contribution in [2.45, 2.75) is 31.5 Å². The van der Waals surface area contributed by atoms with Crippen LogP contribution in [0.4, 0.5) is 0 Å². The number of methoxy groups -OCH3 is 1. The normalized spacial score (nSPS) is 11.7. The number of aromatic amines is 1. The lowest BCUT2D eigenvalue weighted by Crippen LogP contribution is -2.15. The number of nitrogens with one attached hydrogen (secondary N) is 1. The van der Waals surface area contributed by atoms with Gasteiger partial charge in [-0.15, -0.1) is 0 Å². The number of aromatic nitrogens is 2. The third-order valence-electron chi connectivity index (χ3n) is 3.60. The van der Waals surface area contributed by atoms with Crippen LogP contribution in [0.2, 0.25) is 5.02 Å². The maximum atomic E-state index is 12.1. The van der Waals surface area contributed by atoms with Gasteiger partial charge in [-0.25, -0.2) is 4.98 Å². The van der Waals surface area contributed by atoms with Gasteiger partial charge in [-0.2, -0.15) is 5.26 Å². The zero-order chi connectivity index (χ0) is 18.6. The summed E-state index contributed by atoms with van der Waals surface area (Å²) in [4.78, 5) is 19.0. The Labute approximate surface area is 155 Å². The molecule has 1 N–H and O–H groups in total. The second kappa shape index (κ2) is 8.28. The summed E-state index contributed by atoms with van der Waals surface area (Å²) in [5.41, 5.74) is 0.195. The summed E-state index contributed by atoms with van der Waals surface area (Å²) in [5, 5.41) is 10.1. The van der Waals surface area contributed by atoms with Crippen LogP contribution < -0.4 is 15.0 Å². The summed E-state index contributed by atoms with van der Waals surface area (Å²) in [6.07, 6.45) is 2.56. The average molecular weight is 380 g/mol. The number of H-pyrrole nitrogens is 1. The van der Waals surface area contributed by atoms with Crippen molar-refractivity contribution in [2.24, 2.45) is 0 Å². The van der Waals surface area contributed by atoms with Gasteiger partial charge in [0.15, 0.2) is 16.7 Å². The summed E-state index contributed by atoms with van der Waals surface area (Å²) in [7, 11) is 1.50. The van der Waals surface area contributed by atoms with Crippen LogP contribution in [0.25, 0.3) is 11.3 Å². The molecule has 1 unspecified atom stereocenters. The zero-order valence-corrected chi connectivity index (χ0v) is 15.9. The van der Waals surface area contributed by atoms with E-state index in [0.717, 1.165) is 6.42 Å². The molecule has 1 atom stereocenters. The fourth-order valence-corrected chi connectivity index (χ4v) is 2.75. The molecule has 8 heteroatoms. The first-order chi connectivity index (χ1) is 11.9. The van der Waals surface area contributed by atoms with Gasteiger partial charge >= 0.3 is 0 Å². The number of benzene rings is 1. The van der Waals surface area contributed by atoms with Crippen LogP contribution in [-0.4, -0.2) is 29.4 Å². The molecular formula is C17H18ClN3O3S. The van der Waals surface area contributed by atoms with Gasteiger partial charge in [0, 0.05) is 5.56 Å². The van der Waals surface area contributed by atoms with E-state index >= 15 is 0 Å². The van der Waals surface area contributed by atoms with E-state index in [1.54, 1.807) is 18.4 Å². The topological polar surface area (TPSA) is 88.0 Å². The summed E-state index contributed by atoms with van der Waals surface area (Å²) in [6.45, 7) is 3.93. The van der Waals surface area contributed by atoms with Crippen molar-refractivity contribution in [1.82, 2.24) is 9.97 Å². The van der Waals surface area contributed by atoms with E-state index < -0.39 is 5.56 Å². The first-order valence-electron chi connectivity index (χ1n) is 7.58. The molecule has 1 aromatic heterocycles. The molecule has 0 saturated carbocycles. The molecule has 0 amide bonds. The van der Waals surface area contributed by atoms with Crippen LogP contribution >= 0.6 is 23.4 Å². The Bertz CT molecular complexity index is 877. The lowest BCUT2D eigenvalue weighted by molar-refractivity contribution is 0.208. The number of halogens is 1. The van der Waals surface area contributed by atoms with E-state index in [1.165, 1.54) is 18.9 Å². The number of hydrogen-bond donors (Lipinski definition) is 1. The lowest BCUT2D eigenvalue weighted by atomic mass is 10.1. The molecule has 2 rings (SSSR count). The second-order valence-corrected chi connectivity index (χ2v) is 6.44. The number of nitriles is 1. The van der Waals surface area contributed by atoms with Crippen LogP contribution in [0, 0.1) is 11.3 Å². The molecule has 0 spiro atoms. The highest BCUT2D eigenvalue weighted by Crippen LogP contribution is 2.40. The Hall–Kier alpha value is -2.17. The summed E-state index contributed by atoms with van der Waals surface area (Å²) < 4.78 is 11.2. The monoisotopic (exact) mass is 379 g/mol. The number of nitrogens with zero attached hydrogens (tertiary/aromatic N) is 2. The minimum atomic E-state index is -0.494. The Morgan fingerprint density at radius 1 is 1.48 bits per heavy atom. The molecule has 0 bridgehead atoms. The van der Waals surface area contributed by atoms with Gasteiger partial charge in [-0.1, -0.05) is 30.3 Å². The first-order valence-corrected chi connectivity index (χ1v) is 9.18. The van der Waals surface area contributed by atoms with Crippen molar-refractivity contribution >= 4 is 23.4 Å². The van der Waals surface area contributed by atoms with Crippen LogP contribution in [-0.2, 0) is 0 Å². The molecule has 132 valence electrons. The Morgan fingerprint density at radius 2 is 2.20 bits per heavy atom. The molecule has 1 heterocycles. The van der Waals surface area contributed by atoms with E-state index in [4.69, 9.17) is 21.1 Å². The van der Waals surface area contributed by atoms with Gasteiger partial charge in [0.1, 0.15) is 11.6 Å². The maximum Gasteiger partial charge on any atom is 0.270 e. The van der Waals surface area contributed by atoms with E-state index in [0.29, 0.717) is 27.2 Å². The van der Waals surface area contributed by atoms with Crippen molar-refractivity contribution in [3.05, 3.63) is 33.1 Å². The van der Waals surface area contributed by atoms with Crippen molar-refractivity contribution in [3.8, 4) is 28.8 Å². The summed E-state index contributed by atoms with van der Waals surface area (Å²) in [6, 6.07) is 5.18. The molecule has 0 radical (unpaired) electrons. The van der Waals surface area contributed by atoms with Crippen molar-refractivity contribution < 1.29 is 9.47 Å². The Balaban J connectivity index is 2.66. The van der Waals surface area contributed by atoms with Crippen LogP contribution in [0.1, 0.15) is 25.8 Å². The van der Waals surface area contributed by atoms with Gasteiger partial charge in [0.2, 0.25) is 0 Å². The van der Waals surface area contributed by atoms with Gasteiger partial charge in [-0.3, -0.25) is 4.79 Å². The predicted molar refractivity (Wildman–Crippen MR) is 98.7 cm³/mol. The highest BCUT2D eigenvalue weighted by molar-refractivity contribution is 7.98. The maximum absolute atomic E-state index is 12.1. The molecule has 0 fully saturated rings. The van der Waals surface area contributed by atoms with Gasteiger partial charge in [0.05, 0.1) is 23.9 Å². The van der Waals surface area contributed by atoms with Crippen molar-refractivity contribution in [2.75, 3.05) is 13.4 Å². The van der Waals surface area contributed by atoms with Gasteiger partial charge in [-0.05, 0) is 31.7 Å². The van der Waals surface area contributed by atoms with Crippen molar-refractivity contribution in [3.63, 3.8) is 0 Å². The minimum absolute atomic E-state index is 0.0345. The van der Waals surface area contributed by atoms with E-state index in [2.05, 4.69) is 9.97 Å². The minimum Gasteiger partial charge on any atom is -0.493 e. The number of thioether (sulfide) groups is 1. The molecule has 6 nitrogen and oxygen atoms in total. The number of rotatable bonds is 6. The molecule has 0 saturated heterocycles. The lowest BCUT2D eigenvalue weighted by Gasteiger charge is -2.18. The molecule has 0 aliphatic rings. The summed E-state index contributed by atoms with van der Waals surface area (Å²) in [5.74, 6) is 0.843. The zero-order valence-electron chi connectivity index (χ0n) is 14.3. The molecule has 25 heavy (non-hydrogen) atoms. The fraction of sp³-hybridized carbons (Fsp3) is 0.353. The standard InChI is InChI=1S/C17H18ClN3O3S/c1-5-9(2)24-15-12(18)6-10(7-13(15)23-3)14-11(8-19)16(22)21-17(20-14)25-4/h6-7,9H,5H2,1-4H3,(H,20,21,22). The first kappa shape index (κ1) is 19.2. The largest absolute Gasteiger partial charge is 0.493 e. The number of ether oxygens (including phenoxy) is 2. The Kier molecular flexibility index (Phi) is 6.34. The van der Waals surface area contributed by atoms with Crippen LogP contribution in [0.3, 0.4) is 0 Å². The van der Waals surface area contributed by atoms with Crippen LogP contribution in [0.5, 0.6) is 11.5 Å². The second-order valence-electron chi connectivity index (χ2n) is 5.24. The highest BCUT2D eigenvalue weighted by Gasteiger charge is 2.19.